The zero-order valence-electron chi connectivity index (χ0n) is 9.57. The largest absolute Gasteiger partial charge is 0.484 e. The van der Waals surface area contributed by atoms with Crippen molar-refractivity contribution in [1.29, 1.82) is 0 Å². The van der Waals surface area contributed by atoms with Gasteiger partial charge in [0, 0.05) is 16.0 Å². The van der Waals surface area contributed by atoms with Gasteiger partial charge in [-0.2, -0.15) is 0 Å². The second-order valence-electron chi connectivity index (χ2n) is 3.70. The van der Waals surface area contributed by atoms with Crippen molar-refractivity contribution < 1.29 is 9.53 Å². The van der Waals surface area contributed by atoms with E-state index in [0.717, 1.165) is 4.88 Å². The first-order chi connectivity index (χ1) is 8.56. The van der Waals surface area contributed by atoms with E-state index < -0.39 is 0 Å². The zero-order valence-corrected chi connectivity index (χ0v) is 11.9. The number of halogens is 2. The molecule has 0 amide bonds. The van der Waals surface area contributed by atoms with Gasteiger partial charge in [-0.05, 0) is 31.2 Å². The SMILES string of the molecule is Cc1ccc(C(=O)COc2cc(Cl)ccc2Cl)s1. The molecule has 2 rings (SSSR count). The lowest BCUT2D eigenvalue weighted by Crippen LogP contribution is -2.10. The fourth-order valence-corrected chi connectivity index (χ4v) is 2.51. The summed E-state index contributed by atoms with van der Waals surface area (Å²) in [6.07, 6.45) is 0. The lowest BCUT2D eigenvalue weighted by molar-refractivity contribution is 0.0925. The fourth-order valence-electron chi connectivity index (χ4n) is 1.39. The third-order valence-corrected chi connectivity index (χ3v) is 3.86. The van der Waals surface area contributed by atoms with E-state index in [2.05, 4.69) is 0 Å². The Balaban J connectivity index is 2.03. The van der Waals surface area contributed by atoms with Crippen molar-refractivity contribution in [2.75, 3.05) is 6.61 Å². The standard InChI is InChI=1S/C13H10Cl2O2S/c1-8-2-5-13(18-8)11(16)7-17-12-6-9(14)3-4-10(12)15/h2-6H,7H2,1H3. The summed E-state index contributed by atoms with van der Waals surface area (Å²) in [5, 5.41) is 0.961. The van der Waals surface area contributed by atoms with Gasteiger partial charge in [0.1, 0.15) is 5.75 Å². The van der Waals surface area contributed by atoms with E-state index in [4.69, 9.17) is 27.9 Å². The summed E-state index contributed by atoms with van der Waals surface area (Å²) in [7, 11) is 0. The first-order valence-electron chi connectivity index (χ1n) is 5.24. The molecule has 18 heavy (non-hydrogen) atoms. The smallest absolute Gasteiger partial charge is 0.210 e. The van der Waals surface area contributed by atoms with E-state index in [9.17, 15) is 4.79 Å². The molecule has 94 valence electrons. The number of thiophene rings is 1. The molecule has 5 heteroatoms. The van der Waals surface area contributed by atoms with Crippen LogP contribution in [0.4, 0.5) is 0 Å². The lowest BCUT2D eigenvalue weighted by atomic mass is 10.3. The molecule has 0 radical (unpaired) electrons. The minimum Gasteiger partial charge on any atom is -0.484 e. The maximum Gasteiger partial charge on any atom is 0.210 e. The van der Waals surface area contributed by atoms with E-state index in [1.54, 1.807) is 24.3 Å². The van der Waals surface area contributed by atoms with Gasteiger partial charge in [0.05, 0.1) is 9.90 Å². The van der Waals surface area contributed by atoms with Crippen molar-refractivity contribution in [3.05, 3.63) is 50.1 Å². The average molecular weight is 301 g/mol. The van der Waals surface area contributed by atoms with Gasteiger partial charge in [0.25, 0.3) is 0 Å². The van der Waals surface area contributed by atoms with Crippen molar-refractivity contribution in [3.63, 3.8) is 0 Å². The van der Waals surface area contributed by atoms with Gasteiger partial charge in [-0.25, -0.2) is 0 Å². The minimum absolute atomic E-state index is 0.0417. The molecule has 1 aromatic carbocycles. The summed E-state index contributed by atoms with van der Waals surface area (Å²) in [6.45, 7) is 1.91. The van der Waals surface area contributed by atoms with Crippen molar-refractivity contribution in [2.24, 2.45) is 0 Å². The molecule has 0 spiro atoms. The monoisotopic (exact) mass is 300 g/mol. The molecule has 0 aliphatic heterocycles. The number of ether oxygens (including phenoxy) is 1. The third kappa shape index (κ3) is 3.25. The van der Waals surface area contributed by atoms with Crippen LogP contribution in [-0.2, 0) is 0 Å². The highest BCUT2D eigenvalue weighted by molar-refractivity contribution is 7.14. The first-order valence-corrected chi connectivity index (χ1v) is 6.81. The minimum atomic E-state index is -0.0656. The van der Waals surface area contributed by atoms with Gasteiger partial charge in [-0.1, -0.05) is 23.2 Å². The van der Waals surface area contributed by atoms with Gasteiger partial charge in [-0.15, -0.1) is 11.3 Å². The summed E-state index contributed by atoms with van der Waals surface area (Å²) >= 11 is 13.2. The Hall–Kier alpha value is -1.03. The number of carbonyl (C=O) groups is 1. The van der Waals surface area contributed by atoms with Crippen LogP contribution in [0, 0.1) is 6.92 Å². The molecule has 0 atom stereocenters. The number of ketones is 1. The summed E-state index contributed by atoms with van der Waals surface area (Å²) in [6, 6.07) is 8.60. The Morgan fingerprint density at radius 3 is 2.72 bits per heavy atom. The molecule has 0 aliphatic rings. The van der Waals surface area contributed by atoms with Crippen LogP contribution in [0.2, 0.25) is 10.0 Å². The molecule has 2 aromatic rings. The van der Waals surface area contributed by atoms with Gasteiger partial charge < -0.3 is 4.74 Å². The van der Waals surface area contributed by atoms with Crippen molar-refractivity contribution in [3.8, 4) is 5.75 Å². The van der Waals surface area contributed by atoms with Crippen LogP contribution in [0.15, 0.2) is 30.3 Å². The average Bonchev–Trinajstić information content (AvgIpc) is 2.77. The lowest BCUT2D eigenvalue weighted by Gasteiger charge is -2.06. The molecule has 0 saturated heterocycles. The second kappa shape index (κ2) is 5.74. The molecule has 0 unspecified atom stereocenters. The predicted octanol–water partition coefficient (Wildman–Crippen LogP) is 4.63. The van der Waals surface area contributed by atoms with E-state index in [0.29, 0.717) is 20.7 Å². The molecule has 0 saturated carbocycles. The molecule has 1 heterocycles. The number of hydrogen-bond acceptors (Lipinski definition) is 3. The Kier molecular flexibility index (Phi) is 4.27. The van der Waals surface area contributed by atoms with Crippen molar-refractivity contribution >= 4 is 40.3 Å². The van der Waals surface area contributed by atoms with Crippen LogP contribution in [0.1, 0.15) is 14.5 Å². The van der Waals surface area contributed by atoms with Crippen LogP contribution >= 0.6 is 34.5 Å². The second-order valence-corrected chi connectivity index (χ2v) is 5.83. The summed E-state index contributed by atoms with van der Waals surface area (Å²) in [5.74, 6) is 0.356. The number of rotatable bonds is 4. The number of aryl methyl sites for hydroxylation is 1. The van der Waals surface area contributed by atoms with Gasteiger partial charge >= 0.3 is 0 Å². The highest BCUT2D eigenvalue weighted by Gasteiger charge is 2.10. The number of hydrogen-bond donors (Lipinski definition) is 0. The van der Waals surface area contributed by atoms with Crippen LogP contribution in [0.3, 0.4) is 0 Å². The first kappa shape index (κ1) is 13.4. The summed E-state index contributed by atoms with van der Waals surface area (Å²) in [5.41, 5.74) is 0. The predicted molar refractivity (Wildman–Crippen MR) is 75.3 cm³/mol. The molecular weight excluding hydrogens is 291 g/mol. The molecule has 0 N–H and O–H groups in total. The maximum absolute atomic E-state index is 11.8. The van der Waals surface area contributed by atoms with Crippen LogP contribution < -0.4 is 4.74 Å². The Labute approximate surface area is 119 Å². The van der Waals surface area contributed by atoms with Crippen LogP contribution in [0.25, 0.3) is 0 Å². The van der Waals surface area contributed by atoms with Gasteiger partial charge in [0.2, 0.25) is 5.78 Å². The molecule has 0 aliphatic carbocycles. The third-order valence-electron chi connectivity index (χ3n) is 2.27. The topological polar surface area (TPSA) is 26.3 Å². The van der Waals surface area contributed by atoms with Crippen LogP contribution in [0.5, 0.6) is 5.75 Å². The molecule has 0 fully saturated rings. The summed E-state index contributed by atoms with van der Waals surface area (Å²) < 4.78 is 5.38. The highest BCUT2D eigenvalue weighted by atomic mass is 35.5. The summed E-state index contributed by atoms with van der Waals surface area (Å²) in [4.78, 5) is 13.6. The van der Waals surface area contributed by atoms with E-state index in [-0.39, 0.29) is 12.4 Å². The van der Waals surface area contributed by atoms with E-state index in [1.807, 2.05) is 13.0 Å². The van der Waals surface area contributed by atoms with E-state index in [1.165, 1.54) is 11.3 Å². The normalized spacial score (nSPS) is 10.4. The highest BCUT2D eigenvalue weighted by Crippen LogP contribution is 2.28. The Morgan fingerprint density at radius 1 is 1.28 bits per heavy atom. The van der Waals surface area contributed by atoms with Crippen LogP contribution in [-0.4, -0.2) is 12.4 Å². The van der Waals surface area contributed by atoms with E-state index >= 15 is 0 Å². The van der Waals surface area contributed by atoms with Gasteiger partial charge in [-0.3, -0.25) is 4.79 Å². The maximum atomic E-state index is 11.8. The molecule has 0 bridgehead atoms. The number of carbonyl (C=O) groups excluding carboxylic acids is 1. The van der Waals surface area contributed by atoms with Gasteiger partial charge in [0.15, 0.2) is 6.61 Å². The molecule has 2 nitrogen and oxygen atoms in total. The fraction of sp³-hybridized carbons (Fsp3) is 0.154. The van der Waals surface area contributed by atoms with Crippen molar-refractivity contribution in [1.82, 2.24) is 0 Å². The molecule has 1 aromatic heterocycles. The number of benzene rings is 1. The molecular formula is C13H10Cl2O2S. The Morgan fingerprint density at radius 2 is 2.06 bits per heavy atom. The zero-order chi connectivity index (χ0) is 13.1. The Bertz CT molecular complexity index is 578. The quantitative estimate of drug-likeness (QED) is 0.770. The van der Waals surface area contributed by atoms with Crippen molar-refractivity contribution in [2.45, 2.75) is 6.92 Å². The number of Topliss-reactive ketones (excluding diaryl/α,β-unsaturated/α-hetero) is 1.